The van der Waals surface area contributed by atoms with Crippen molar-refractivity contribution in [1.82, 2.24) is 10.2 Å². The molecule has 0 spiro atoms. The topological polar surface area (TPSA) is 44.8 Å². The number of likely N-dealkylation sites (N-methyl/N-ethyl adjacent to an activating group) is 1. The van der Waals surface area contributed by atoms with Gasteiger partial charge in [-0.3, -0.25) is 9.69 Å². The second-order valence-corrected chi connectivity index (χ2v) is 9.69. The average molecular weight is 386 g/mol. The maximum absolute atomic E-state index is 13.1. The Kier molecular flexibility index (Phi) is 3.92. The fourth-order valence-corrected chi connectivity index (χ4v) is 6.31. The molecule has 144 valence electrons. The lowest BCUT2D eigenvalue weighted by molar-refractivity contribution is -0.0377. The summed E-state index contributed by atoms with van der Waals surface area (Å²) in [5.41, 5.74) is 1.15. The van der Waals surface area contributed by atoms with E-state index in [2.05, 4.69) is 42.1 Å². The number of nitrogens with one attached hydrogen (secondary N) is 1. The first-order valence-electron chi connectivity index (χ1n) is 9.91. The maximum Gasteiger partial charge on any atom is 0.261 e. The summed E-state index contributed by atoms with van der Waals surface area (Å²) in [6.45, 7) is 8.45. The van der Waals surface area contributed by atoms with E-state index in [4.69, 9.17) is 4.74 Å². The zero-order chi connectivity index (χ0) is 18.8. The summed E-state index contributed by atoms with van der Waals surface area (Å²) in [6.07, 6.45) is 2.38. The minimum atomic E-state index is 0.0285. The van der Waals surface area contributed by atoms with E-state index in [9.17, 15) is 4.79 Å². The Labute approximate surface area is 164 Å². The standard InChI is InChI=1S/C21H27N3O2S/c1-21(2)19(13-6-8-24(21)9-7-13)22-20(25)16-12-14-4-5-15-17(18(14)27-16)23(3)10-11-26-15/h4-5,12-13,19H,6-11H2,1-3H3,(H,22,25)/t19-/m1/s1. The summed E-state index contributed by atoms with van der Waals surface area (Å²) < 4.78 is 6.96. The smallest absolute Gasteiger partial charge is 0.261 e. The number of piperidine rings is 3. The Hall–Kier alpha value is -1.79. The third-order valence-electron chi connectivity index (χ3n) is 6.79. The van der Waals surface area contributed by atoms with Gasteiger partial charge in [-0.1, -0.05) is 0 Å². The monoisotopic (exact) mass is 385 g/mol. The van der Waals surface area contributed by atoms with Crippen LogP contribution in [-0.4, -0.2) is 55.7 Å². The molecule has 4 aliphatic heterocycles. The van der Waals surface area contributed by atoms with Crippen molar-refractivity contribution in [3.8, 4) is 5.75 Å². The predicted molar refractivity (Wildman–Crippen MR) is 110 cm³/mol. The summed E-state index contributed by atoms with van der Waals surface area (Å²) in [5, 5.41) is 4.51. The predicted octanol–water partition coefficient (Wildman–Crippen LogP) is 3.33. The molecule has 0 saturated carbocycles. The second-order valence-electron chi connectivity index (χ2n) is 8.64. The average Bonchev–Trinajstić information content (AvgIpc) is 3.09. The molecule has 2 bridgehead atoms. The minimum absolute atomic E-state index is 0.0285. The molecule has 3 fully saturated rings. The first-order chi connectivity index (χ1) is 12.9. The van der Waals surface area contributed by atoms with Crippen LogP contribution >= 0.6 is 11.3 Å². The van der Waals surface area contributed by atoms with E-state index >= 15 is 0 Å². The molecule has 6 rings (SSSR count). The van der Waals surface area contributed by atoms with Gasteiger partial charge in [-0.15, -0.1) is 11.3 Å². The molecule has 0 aliphatic carbocycles. The minimum Gasteiger partial charge on any atom is -0.490 e. The van der Waals surface area contributed by atoms with Crippen LogP contribution in [0.25, 0.3) is 10.1 Å². The van der Waals surface area contributed by atoms with Crippen LogP contribution in [-0.2, 0) is 0 Å². The Morgan fingerprint density at radius 2 is 2.04 bits per heavy atom. The number of anilines is 1. The van der Waals surface area contributed by atoms with Gasteiger partial charge in [0.15, 0.2) is 0 Å². The van der Waals surface area contributed by atoms with E-state index in [1.807, 2.05) is 12.1 Å². The molecule has 1 aromatic heterocycles. The lowest BCUT2D eigenvalue weighted by atomic mass is 9.72. The fourth-order valence-electron chi connectivity index (χ4n) is 5.15. The van der Waals surface area contributed by atoms with Crippen molar-refractivity contribution in [1.29, 1.82) is 0 Å². The van der Waals surface area contributed by atoms with Crippen molar-refractivity contribution in [2.75, 3.05) is 38.2 Å². The number of hydrogen-bond donors (Lipinski definition) is 1. The molecule has 1 N–H and O–H groups in total. The van der Waals surface area contributed by atoms with E-state index in [1.54, 1.807) is 11.3 Å². The molecular formula is C21H27N3O2S. The third-order valence-corrected chi connectivity index (χ3v) is 7.94. The van der Waals surface area contributed by atoms with Crippen molar-refractivity contribution in [2.24, 2.45) is 5.92 Å². The van der Waals surface area contributed by atoms with Gasteiger partial charge in [0.25, 0.3) is 5.91 Å². The molecule has 4 aliphatic rings. The van der Waals surface area contributed by atoms with Crippen molar-refractivity contribution in [3.63, 3.8) is 0 Å². The van der Waals surface area contributed by atoms with E-state index in [1.165, 1.54) is 12.8 Å². The largest absolute Gasteiger partial charge is 0.490 e. The van der Waals surface area contributed by atoms with Gasteiger partial charge in [-0.2, -0.15) is 0 Å². The number of benzene rings is 1. The number of rotatable bonds is 2. The molecule has 1 aromatic carbocycles. The summed E-state index contributed by atoms with van der Waals surface area (Å²) in [6, 6.07) is 6.35. The van der Waals surface area contributed by atoms with Gasteiger partial charge in [0.05, 0.1) is 21.8 Å². The van der Waals surface area contributed by atoms with E-state index in [-0.39, 0.29) is 17.5 Å². The van der Waals surface area contributed by atoms with Gasteiger partial charge in [0.2, 0.25) is 0 Å². The number of amides is 1. The van der Waals surface area contributed by atoms with Crippen LogP contribution in [0.15, 0.2) is 18.2 Å². The van der Waals surface area contributed by atoms with Crippen LogP contribution in [0, 0.1) is 5.92 Å². The molecule has 27 heavy (non-hydrogen) atoms. The molecule has 5 nitrogen and oxygen atoms in total. The summed E-state index contributed by atoms with van der Waals surface area (Å²) in [5.74, 6) is 1.58. The number of ether oxygens (including phenoxy) is 1. The number of carbonyl (C=O) groups is 1. The van der Waals surface area contributed by atoms with Crippen LogP contribution in [0.3, 0.4) is 0 Å². The first-order valence-corrected chi connectivity index (χ1v) is 10.7. The Bertz CT molecular complexity index is 898. The summed E-state index contributed by atoms with van der Waals surface area (Å²) in [7, 11) is 2.09. The number of carbonyl (C=O) groups excluding carboxylic acids is 1. The number of fused-ring (bicyclic) bond motifs is 6. The highest BCUT2D eigenvalue weighted by Crippen LogP contribution is 2.43. The Morgan fingerprint density at radius 3 is 2.78 bits per heavy atom. The Morgan fingerprint density at radius 1 is 1.26 bits per heavy atom. The molecule has 0 radical (unpaired) electrons. The van der Waals surface area contributed by atoms with Crippen LogP contribution in [0.1, 0.15) is 36.4 Å². The van der Waals surface area contributed by atoms with E-state index in [0.29, 0.717) is 12.5 Å². The van der Waals surface area contributed by atoms with Crippen molar-refractivity contribution >= 4 is 33.0 Å². The van der Waals surface area contributed by atoms with Crippen LogP contribution in [0.4, 0.5) is 5.69 Å². The molecule has 2 aromatic rings. The van der Waals surface area contributed by atoms with Crippen LogP contribution < -0.4 is 15.0 Å². The van der Waals surface area contributed by atoms with Gasteiger partial charge < -0.3 is 15.0 Å². The van der Waals surface area contributed by atoms with Gasteiger partial charge >= 0.3 is 0 Å². The molecule has 5 heterocycles. The van der Waals surface area contributed by atoms with Gasteiger partial charge in [0.1, 0.15) is 12.4 Å². The van der Waals surface area contributed by atoms with Crippen molar-refractivity contribution < 1.29 is 9.53 Å². The molecule has 3 saturated heterocycles. The SMILES string of the molecule is CN1CCOc2ccc3cc(C(=O)N[C@@H]4C5CCN(CC5)C4(C)C)sc3c21. The summed E-state index contributed by atoms with van der Waals surface area (Å²) >= 11 is 1.59. The molecule has 0 unspecified atom stereocenters. The van der Waals surface area contributed by atoms with Crippen LogP contribution in [0.2, 0.25) is 0 Å². The van der Waals surface area contributed by atoms with Gasteiger partial charge in [0, 0.05) is 18.6 Å². The normalized spacial score (nSPS) is 28.7. The van der Waals surface area contributed by atoms with Crippen molar-refractivity contribution in [3.05, 3.63) is 23.1 Å². The quantitative estimate of drug-likeness (QED) is 0.861. The van der Waals surface area contributed by atoms with E-state index < -0.39 is 0 Å². The summed E-state index contributed by atoms with van der Waals surface area (Å²) in [4.78, 5) is 18.7. The lowest BCUT2D eigenvalue weighted by Crippen LogP contribution is -2.69. The van der Waals surface area contributed by atoms with Gasteiger partial charge in [-0.25, -0.2) is 0 Å². The fraction of sp³-hybridized carbons (Fsp3) is 0.571. The lowest BCUT2D eigenvalue weighted by Gasteiger charge is -2.56. The Balaban J connectivity index is 1.46. The molecule has 1 amide bonds. The highest BCUT2D eigenvalue weighted by atomic mass is 32.1. The number of hydrogen-bond acceptors (Lipinski definition) is 5. The molecule has 1 atom stereocenters. The highest BCUT2D eigenvalue weighted by molar-refractivity contribution is 7.21. The van der Waals surface area contributed by atoms with Gasteiger partial charge in [-0.05, 0) is 69.3 Å². The maximum atomic E-state index is 13.1. The van der Waals surface area contributed by atoms with E-state index in [0.717, 1.165) is 46.0 Å². The molecular weight excluding hydrogens is 358 g/mol. The third kappa shape index (κ3) is 2.64. The number of thiophene rings is 1. The number of nitrogens with zero attached hydrogens (tertiary/aromatic N) is 2. The van der Waals surface area contributed by atoms with Crippen molar-refractivity contribution in [2.45, 2.75) is 38.3 Å². The zero-order valence-corrected chi connectivity index (χ0v) is 17.1. The first kappa shape index (κ1) is 17.3. The highest BCUT2D eigenvalue weighted by Gasteiger charge is 2.48. The van der Waals surface area contributed by atoms with Crippen LogP contribution in [0.5, 0.6) is 5.75 Å². The molecule has 6 heteroatoms. The zero-order valence-electron chi connectivity index (χ0n) is 16.2. The second kappa shape index (κ2) is 6.11.